The first-order valence-electron chi connectivity index (χ1n) is 8.83. The Kier molecular flexibility index (Phi) is 6.66. The Morgan fingerprint density at radius 3 is 2.21 bits per heavy atom. The zero-order valence-electron chi connectivity index (χ0n) is 13.2. The van der Waals surface area contributed by atoms with E-state index < -0.39 is 0 Å². The van der Waals surface area contributed by atoms with Gasteiger partial charge < -0.3 is 4.90 Å². The van der Waals surface area contributed by atoms with E-state index in [9.17, 15) is 0 Å². The van der Waals surface area contributed by atoms with Gasteiger partial charge in [0, 0.05) is 25.2 Å². The number of unbranched alkanes of at least 4 members (excludes halogenated alkanes) is 3. The largest absolute Gasteiger partial charge is 0.302 e. The third-order valence-electron chi connectivity index (χ3n) is 5.20. The maximum Gasteiger partial charge on any atom is 0.0123 e. The van der Waals surface area contributed by atoms with Gasteiger partial charge >= 0.3 is 0 Å². The van der Waals surface area contributed by atoms with Crippen LogP contribution in [0.2, 0.25) is 0 Å². The molecule has 3 heterocycles. The van der Waals surface area contributed by atoms with Crippen LogP contribution in [0.15, 0.2) is 0 Å². The van der Waals surface area contributed by atoms with Gasteiger partial charge in [-0.25, -0.2) is 0 Å². The monoisotopic (exact) mass is 266 g/mol. The number of hydrogen-bond donors (Lipinski definition) is 0. The Morgan fingerprint density at radius 2 is 1.53 bits per heavy atom. The third-order valence-corrected chi connectivity index (χ3v) is 5.20. The minimum Gasteiger partial charge on any atom is -0.302 e. The lowest BCUT2D eigenvalue weighted by atomic mass is 9.97. The first-order valence-corrected chi connectivity index (χ1v) is 8.83. The smallest absolute Gasteiger partial charge is 0.0123 e. The van der Waals surface area contributed by atoms with E-state index in [0.717, 1.165) is 12.1 Å². The van der Waals surface area contributed by atoms with Crippen molar-refractivity contribution < 1.29 is 0 Å². The highest BCUT2D eigenvalue weighted by Crippen LogP contribution is 2.27. The molecular formula is C17H34N2. The van der Waals surface area contributed by atoms with Gasteiger partial charge in [0.2, 0.25) is 0 Å². The first-order chi connectivity index (χ1) is 9.35. The molecule has 0 aromatic rings. The van der Waals surface area contributed by atoms with E-state index in [2.05, 4.69) is 23.6 Å². The van der Waals surface area contributed by atoms with E-state index in [1.807, 2.05) is 0 Å². The molecule has 2 nitrogen and oxygen atoms in total. The average Bonchev–Trinajstić information content (AvgIpc) is 2.76. The maximum absolute atomic E-state index is 2.92. The van der Waals surface area contributed by atoms with Crippen LogP contribution in [0, 0.1) is 0 Å². The van der Waals surface area contributed by atoms with Crippen molar-refractivity contribution in [1.29, 1.82) is 0 Å². The molecule has 112 valence electrons. The summed E-state index contributed by atoms with van der Waals surface area (Å²) >= 11 is 0. The van der Waals surface area contributed by atoms with Crippen molar-refractivity contribution in [2.24, 2.45) is 0 Å². The summed E-state index contributed by atoms with van der Waals surface area (Å²) in [5.41, 5.74) is 0. The van der Waals surface area contributed by atoms with E-state index in [-0.39, 0.29) is 0 Å². The summed E-state index contributed by atoms with van der Waals surface area (Å²) in [6, 6.07) is 1.79. The summed E-state index contributed by atoms with van der Waals surface area (Å²) in [7, 11) is 0. The zero-order valence-corrected chi connectivity index (χ0v) is 13.2. The molecule has 0 aromatic carbocycles. The highest BCUT2D eigenvalue weighted by molar-refractivity contribution is 4.88. The van der Waals surface area contributed by atoms with Gasteiger partial charge in [0.15, 0.2) is 0 Å². The van der Waals surface area contributed by atoms with Gasteiger partial charge in [-0.2, -0.15) is 0 Å². The molecule has 0 amide bonds. The van der Waals surface area contributed by atoms with Gasteiger partial charge in [0.05, 0.1) is 0 Å². The van der Waals surface area contributed by atoms with Crippen molar-refractivity contribution in [1.82, 2.24) is 9.80 Å². The second-order valence-electron chi connectivity index (χ2n) is 6.60. The van der Waals surface area contributed by atoms with Crippen LogP contribution in [-0.2, 0) is 0 Å². The van der Waals surface area contributed by atoms with E-state index >= 15 is 0 Å². The predicted molar refractivity (Wildman–Crippen MR) is 83.6 cm³/mol. The molecule has 0 spiro atoms. The summed E-state index contributed by atoms with van der Waals surface area (Å²) in [6.07, 6.45) is 12.7. The van der Waals surface area contributed by atoms with Gasteiger partial charge in [-0.3, -0.25) is 4.90 Å². The second-order valence-corrected chi connectivity index (χ2v) is 6.60. The highest BCUT2D eigenvalue weighted by atomic mass is 15.3. The van der Waals surface area contributed by atoms with E-state index in [1.165, 1.54) is 84.0 Å². The number of rotatable bonds is 8. The second kappa shape index (κ2) is 8.26. The Bertz CT molecular complexity index is 233. The molecule has 1 atom stereocenters. The molecule has 0 saturated carbocycles. The van der Waals surface area contributed by atoms with Crippen molar-refractivity contribution in [2.45, 2.75) is 83.7 Å². The molecule has 0 aliphatic carbocycles. The number of piperidine rings is 1. The Labute approximate surface area is 120 Å². The van der Waals surface area contributed by atoms with Crippen LogP contribution in [0.4, 0.5) is 0 Å². The molecule has 0 radical (unpaired) electrons. The Morgan fingerprint density at radius 1 is 0.842 bits per heavy atom. The lowest BCUT2D eigenvalue weighted by molar-refractivity contribution is 0.116. The molecule has 3 rings (SSSR count). The molecule has 1 unspecified atom stereocenters. The van der Waals surface area contributed by atoms with Gasteiger partial charge in [-0.1, -0.05) is 46.0 Å². The van der Waals surface area contributed by atoms with E-state index in [1.54, 1.807) is 0 Å². The minimum atomic E-state index is 0.884. The van der Waals surface area contributed by atoms with Crippen LogP contribution in [0.25, 0.3) is 0 Å². The zero-order chi connectivity index (χ0) is 13.5. The van der Waals surface area contributed by atoms with Crippen LogP contribution in [0.5, 0.6) is 0 Å². The minimum absolute atomic E-state index is 0.884. The van der Waals surface area contributed by atoms with Crippen LogP contribution < -0.4 is 0 Å². The Hall–Kier alpha value is -0.0800. The predicted octanol–water partition coefficient (Wildman–Crippen LogP) is 3.91. The molecule has 2 bridgehead atoms. The standard InChI is InChI=1S/C17H34N2/c1-3-5-7-9-16(8-6-4-2)19-15-14-18-12-10-17(19)11-13-18/h16-17H,3-15H2,1-2H3. The highest BCUT2D eigenvalue weighted by Gasteiger charge is 2.32. The number of nitrogens with zero attached hydrogens (tertiary/aromatic N) is 2. The van der Waals surface area contributed by atoms with Crippen LogP contribution in [-0.4, -0.2) is 48.1 Å². The molecule has 3 aliphatic rings. The van der Waals surface area contributed by atoms with Gasteiger partial charge in [0.1, 0.15) is 0 Å². The molecular weight excluding hydrogens is 232 g/mol. The molecule has 3 saturated heterocycles. The van der Waals surface area contributed by atoms with Crippen molar-refractivity contribution in [3.63, 3.8) is 0 Å². The molecule has 2 heteroatoms. The number of hydrogen-bond acceptors (Lipinski definition) is 2. The lowest BCUT2D eigenvalue weighted by Crippen LogP contribution is -2.44. The summed E-state index contributed by atoms with van der Waals surface area (Å²) in [5, 5.41) is 0. The lowest BCUT2D eigenvalue weighted by Gasteiger charge is -2.37. The van der Waals surface area contributed by atoms with Gasteiger partial charge in [-0.15, -0.1) is 0 Å². The molecule has 3 aliphatic heterocycles. The van der Waals surface area contributed by atoms with Crippen molar-refractivity contribution in [3.05, 3.63) is 0 Å². The normalized spacial score (nSPS) is 29.4. The maximum atomic E-state index is 2.92. The van der Waals surface area contributed by atoms with E-state index in [0.29, 0.717) is 0 Å². The van der Waals surface area contributed by atoms with Gasteiger partial charge in [-0.05, 0) is 38.8 Å². The third kappa shape index (κ3) is 4.46. The fraction of sp³-hybridized carbons (Fsp3) is 1.00. The van der Waals surface area contributed by atoms with Crippen molar-refractivity contribution >= 4 is 0 Å². The Balaban J connectivity index is 1.90. The van der Waals surface area contributed by atoms with Crippen molar-refractivity contribution in [2.75, 3.05) is 26.2 Å². The molecule has 0 N–H and O–H groups in total. The number of fused-ring (bicyclic) bond motifs is 4. The van der Waals surface area contributed by atoms with Gasteiger partial charge in [0.25, 0.3) is 0 Å². The first kappa shape index (κ1) is 15.3. The van der Waals surface area contributed by atoms with E-state index in [4.69, 9.17) is 0 Å². The fourth-order valence-electron chi connectivity index (χ4n) is 3.94. The summed E-state index contributed by atoms with van der Waals surface area (Å²) in [6.45, 7) is 10.0. The molecule has 3 fully saturated rings. The fourth-order valence-corrected chi connectivity index (χ4v) is 3.94. The topological polar surface area (TPSA) is 6.48 Å². The molecule has 19 heavy (non-hydrogen) atoms. The quantitative estimate of drug-likeness (QED) is 0.615. The average molecular weight is 266 g/mol. The molecule has 0 aromatic heterocycles. The SMILES string of the molecule is CCCCCC(CCCC)N1CCN2CCC1CC2. The van der Waals surface area contributed by atoms with Crippen LogP contribution in [0.1, 0.15) is 71.6 Å². The summed E-state index contributed by atoms with van der Waals surface area (Å²) < 4.78 is 0. The van der Waals surface area contributed by atoms with Crippen molar-refractivity contribution in [3.8, 4) is 0 Å². The summed E-state index contributed by atoms with van der Waals surface area (Å²) in [5.74, 6) is 0. The van der Waals surface area contributed by atoms with Crippen LogP contribution in [0.3, 0.4) is 0 Å². The summed E-state index contributed by atoms with van der Waals surface area (Å²) in [4.78, 5) is 5.59. The van der Waals surface area contributed by atoms with Crippen LogP contribution >= 0.6 is 0 Å².